The van der Waals surface area contributed by atoms with Gasteiger partial charge in [0, 0.05) is 5.70 Å². The van der Waals surface area contributed by atoms with Gasteiger partial charge in [0.15, 0.2) is 0 Å². The van der Waals surface area contributed by atoms with Gasteiger partial charge in [-0.25, -0.2) is 0 Å². The molecule has 0 spiro atoms. The molecule has 0 saturated heterocycles. The van der Waals surface area contributed by atoms with Crippen LogP contribution in [0.25, 0.3) is 11.1 Å². The molecule has 0 aliphatic carbocycles. The van der Waals surface area contributed by atoms with Gasteiger partial charge in [-0.05, 0) is 36.1 Å². The fraction of sp³-hybridized carbons (Fsp3) is 0.176. The second kappa shape index (κ2) is 6.64. The Balaban J connectivity index is 1.90. The highest BCUT2D eigenvalue weighted by molar-refractivity contribution is 5.63. The third kappa shape index (κ3) is 4.18. The number of hydrogen-bond donors (Lipinski definition) is 1. The molecule has 2 rings (SSSR count). The number of benzene rings is 2. The Morgan fingerprint density at radius 2 is 1.58 bits per heavy atom. The van der Waals surface area contributed by atoms with Crippen molar-refractivity contribution in [1.29, 1.82) is 0 Å². The van der Waals surface area contributed by atoms with Crippen molar-refractivity contribution in [3.63, 3.8) is 0 Å². The van der Waals surface area contributed by atoms with E-state index in [1.807, 2.05) is 30.3 Å². The second-order valence-corrected chi connectivity index (χ2v) is 4.50. The minimum absolute atomic E-state index is 0.668. The normalized spacial score (nSPS) is 10.1. The number of allylic oxidation sites excluding steroid dienone is 1. The summed E-state index contributed by atoms with van der Waals surface area (Å²) in [7, 11) is 0. The van der Waals surface area contributed by atoms with Crippen molar-refractivity contribution in [2.24, 2.45) is 5.73 Å². The summed E-state index contributed by atoms with van der Waals surface area (Å²) in [6.07, 6.45) is 1.71. The van der Waals surface area contributed by atoms with Gasteiger partial charge in [0.05, 0.1) is 6.61 Å². The molecule has 0 atom stereocenters. The number of rotatable bonds is 6. The molecule has 0 heterocycles. The lowest BCUT2D eigenvalue weighted by molar-refractivity contribution is 0.311. The van der Waals surface area contributed by atoms with Gasteiger partial charge in [-0.15, -0.1) is 0 Å². The molecule has 0 radical (unpaired) electrons. The van der Waals surface area contributed by atoms with Crippen LogP contribution < -0.4 is 10.5 Å². The number of ether oxygens (including phenoxy) is 1. The van der Waals surface area contributed by atoms with E-state index in [2.05, 4.69) is 30.8 Å². The van der Waals surface area contributed by atoms with Crippen LogP contribution in [0.2, 0.25) is 0 Å². The minimum atomic E-state index is 0.668. The molecule has 2 nitrogen and oxygen atoms in total. The molecular weight excluding hydrogens is 234 g/mol. The van der Waals surface area contributed by atoms with E-state index in [-0.39, 0.29) is 0 Å². The predicted octanol–water partition coefficient (Wildman–Crippen LogP) is 3.99. The predicted molar refractivity (Wildman–Crippen MR) is 79.9 cm³/mol. The van der Waals surface area contributed by atoms with Gasteiger partial charge in [-0.1, -0.05) is 49.0 Å². The van der Waals surface area contributed by atoms with E-state index in [0.717, 1.165) is 18.6 Å². The zero-order valence-corrected chi connectivity index (χ0v) is 11.0. The van der Waals surface area contributed by atoms with Crippen molar-refractivity contribution < 1.29 is 4.74 Å². The number of nitrogens with two attached hydrogens (primary N) is 1. The van der Waals surface area contributed by atoms with Gasteiger partial charge >= 0.3 is 0 Å². The Morgan fingerprint density at radius 1 is 0.947 bits per heavy atom. The molecule has 0 saturated carbocycles. The maximum absolute atomic E-state index is 5.65. The lowest BCUT2D eigenvalue weighted by Gasteiger charge is -2.07. The standard InChI is InChI=1S/C17H19NO/c1-14(18)6-5-13-19-17-11-9-16(10-12-17)15-7-3-2-4-8-15/h2-4,7-12H,1,5-6,13,18H2. The van der Waals surface area contributed by atoms with Gasteiger partial charge in [0.25, 0.3) is 0 Å². The van der Waals surface area contributed by atoms with Crippen LogP contribution >= 0.6 is 0 Å². The van der Waals surface area contributed by atoms with Crippen LogP contribution in [0.5, 0.6) is 5.75 Å². The average molecular weight is 253 g/mol. The second-order valence-electron chi connectivity index (χ2n) is 4.50. The van der Waals surface area contributed by atoms with Crippen molar-refractivity contribution in [3.8, 4) is 16.9 Å². The van der Waals surface area contributed by atoms with E-state index >= 15 is 0 Å². The molecule has 2 N–H and O–H groups in total. The van der Waals surface area contributed by atoms with Crippen molar-refractivity contribution in [1.82, 2.24) is 0 Å². The first-order chi connectivity index (χ1) is 9.25. The first-order valence-corrected chi connectivity index (χ1v) is 6.47. The summed E-state index contributed by atoms with van der Waals surface area (Å²) < 4.78 is 5.65. The molecule has 2 aromatic rings. The lowest BCUT2D eigenvalue weighted by Crippen LogP contribution is -2.01. The molecule has 0 unspecified atom stereocenters. The average Bonchev–Trinajstić information content (AvgIpc) is 2.45. The fourth-order valence-corrected chi connectivity index (χ4v) is 1.86. The van der Waals surface area contributed by atoms with E-state index < -0.39 is 0 Å². The molecule has 0 amide bonds. The molecule has 0 aliphatic heterocycles. The van der Waals surface area contributed by atoms with Crippen molar-refractivity contribution in [3.05, 3.63) is 66.9 Å². The summed E-state index contributed by atoms with van der Waals surface area (Å²) in [5.41, 5.74) is 8.63. The van der Waals surface area contributed by atoms with Crippen molar-refractivity contribution in [2.45, 2.75) is 12.8 Å². The zero-order valence-electron chi connectivity index (χ0n) is 11.0. The van der Waals surface area contributed by atoms with Crippen LogP contribution in [0.15, 0.2) is 66.9 Å². The molecule has 19 heavy (non-hydrogen) atoms. The molecule has 2 aromatic carbocycles. The Morgan fingerprint density at radius 3 is 2.21 bits per heavy atom. The highest BCUT2D eigenvalue weighted by Crippen LogP contribution is 2.22. The molecule has 0 bridgehead atoms. The smallest absolute Gasteiger partial charge is 0.119 e. The van der Waals surface area contributed by atoms with Gasteiger partial charge in [-0.3, -0.25) is 0 Å². The van der Waals surface area contributed by atoms with Crippen LogP contribution in [0, 0.1) is 0 Å². The van der Waals surface area contributed by atoms with Crippen LogP contribution in [-0.4, -0.2) is 6.61 Å². The van der Waals surface area contributed by atoms with Crippen LogP contribution in [0.1, 0.15) is 12.8 Å². The van der Waals surface area contributed by atoms with Crippen LogP contribution in [0.3, 0.4) is 0 Å². The van der Waals surface area contributed by atoms with Crippen molar-refractivity contribution >= 4 is 0 Å². The first-order valence-electron chi connectivity index (χ1n) is 6.47. The van der Waals surface area contributed by atoms with Gasteiger partial charge in [0.2, 0.25) is 0 Å². The molecule has 0 aliphatic rings. The maximum atomic E-state index is 5.65. The quantitative estimate of drug-likeness (QED) is 0.790. The van der Waals surface area contributed by atoms with Crippen LogP contribution in [0.4, 0.5) is 0 Å². The molecular formula is C17H19NO. The summed E-state index contributed by atoms with van der Waals surface area (Å²) in [5.74, 6) is 0.891. The van der Waals surface area contributed by atoms with Gasteiger partial charge in [-0.2, -0.15) is 0 Å². The summed E-state index contributed by atoms with van der Waals surface area (Å²) in [6, 6.07) is 18.5. The summed E-state index contributed by atoms with van der Waals surface area (Å²) in [4.78, 5) is 0. The molecule has 0 aromatic heterocycles. The monoisotopic (exact) mass is 253 g/mol. The van der Waals surface area contributed by atoms with E-state index in [1.165, 1.54) is 11.1 Å². The third-order valence-electron chi connectivity index (χ3n) is 2.87. The zero-order chi connectivity index (χ0) is 13.5. The topological polar surface area (TPSA) is 35.2 Å². The highest BCUT2D eigenvalue weighted by atomic mass is 16.5. The van der Waals surface area contributed by atoms with E-state index in [9.17, 15) is 0 Å². The Bertz CT molecular complexity index is 517. The summed E-state index contributed by atoms with van der Waals surface area (Å²) in [6.45, 7) is 4.33. The first kappa shape index (κ1) is 13.2. The third-order valence-corrected chi connectivity index (χ3v) is 2.87. The summed E-state index contributed by atoms with van der Waals surface area (Å²) in [5, 5.41) is 0. The Labute approximate surface area is 114 Å². The largest absolute Gasteiger partial charge is 0.494 e. The molecule has 0 fully saturated rings. The minimum Gasteiger partial charge on any atom is -0.494 e. The molecule has 98 valence electrons. The van der Waals surface area contributed by atoms with Gasteiger partial charge in [0.1, 0.15) is 5.75 Å². The Hall–Kier alpha value is -2.22. The summed E-state index contributed by atoms with van der Waals surface area (Å²) >= 11 is 0. The molecule has 2 heteroatoms. The SMILES string of the molecule is C=C(N)CCCOc1ccc(-c2ccccc2)cc1. The van der Waals surface area contributed by atoms with Crippen LogP contribution in [-0.2, 0) is 0 Å². The van der Waals surface area contributed by atoms with E-state index in [0.29, 0.717) is 12.3 Å². The number of hydrogen-bond acceptors (Lipinski definition) is 2. The van der Waals surface area contributed by atoms with Gasteiger partial charge < -0.3 is 10.5 Å². The maximum Gasteiger partial charge on any atom is 0.119 e. The lowest BCUT2D eigenvalue weighted by atomic mass is 10.1. The highest BCUT2D eigenvalue weighted by Gasteiger charge is 1.98. The van der Waals surface area contributed by atoms with Crippen molar-refractivity contribution in [2.75, 3.05) is 6.61 Å². The van der Waals surface area contributed by atoms with E-state index in [1.54, 1.807) is 0 Å². The van der Waals surface area contributed by atoms with E-state index in [4.69, 9.17) is 10.5 Å². The Kier molecular flexibility index (Phi) is 4.62. The fourth-order valence-electron chi connectivity index (χ4n) is 1.86.